The van der Waals surface area contributed by atoms with Crippen LogP contribution in [0.2, 0.25) is 0 Å². The Kier molecular flexibility index (Phi) is 4.48. The van der Waals surface area contributed by atoms with Gasteiger partial charge in [-0.25, -0.2) is 0 Å². The van der Waals surface area contributed by atoms with E-state index in [1.807, 2.05) is 18.5 Å². The van der Waals surface area contributed by atoms with Crippen LogP contribution < -0.4 is 5.32 Å². The van der Waals surface area contributed by atoms with E-state index in [0.717, 1.165) is 13.0 Å². The molecule has 0 spiro atoms. The van der Waals surface area contributed by atoms with Gasteiger partial charge in [0.25, 0.3) is 0 Å². The molecule has 1 unspecified atom stereocenters. The number of hydrogen-bond donors (Lipinski definition) is 1. The average molecular weight is 240 g/mol. The van der Waals surface area contributed by atoms with Crippen LogP contribution in [0.15, 0.2) is 48.8 Å². The highest BCUT2D eigenvalue weighted by molar-refractivity contribution is 5.31. The van der Waals surface area contributed by atoms with E-state index in [1.54, 1.807) is 0 Å². The van der Waals surface area contributed by atoms with Crippen molar-refractivity contribution in [1.29, 1.82) is 0 Å². The summed E-state index contributed by atoms with van der Waals surface area (Å²) >= 11 is 0. The number of aromatic nitrogens is 1. The van der Waals surface area contributed by atoms with Crippen LogP contribution in [-0.4, -0.2) is 11.5 Å². The van der Waals surface area contributed by atoms with Crippen molar-refractivity contribution in [2.24, 2.45) is 0 Å². The minimum absolute atomic E-state index is 0.235. The molecular formula is C16H20N2. The first kappa shape index (κ1) is 12.8. The summed E-state index contributed by atoms with van der Waals surface area (Å²) in [4.78, 5) is 4.22. The van der Waals surface area contributed by atoms with E-state index in [1.165, 1.54) is 16.7 Å². The Morgan fingerprint density at radius 1 is 1.11 bits per heavy atom. The minimum Gasteiger partial charge on any atom is -0.306 e. The van der Waals surface area contributed by atoms with Gasteiger partial charge in [0.1, 0.15) is 0 Å². The van der Waals surface area contributed by atoms with Crippen LogP contribution in [0.5, 0.6) is 0 Å². The number of hydrogen-bond acceptors (Lipinski definition) is 2. The zero-order valence-electron chi connectivity index (χ0n) is 11.1. The summed E-state index contributed by atoms with van der Waals surface area (Å²) in [6.45, 7) is 5.30. The number of pyridine rings is 1. The molecule has 0 aliphatic carbocycles. The molecule has 0 bridgehead atoms. The standard InChI is InChI=1S/C16H20N2/c1-3-10-18-16(15-5-4-11-17-12-15)14-8-6-13(2)7-9-14/h4-9,11-12,16,18H,3,10H2,1-2H3. The highest BCUT2D eigenvalue weighted by atomic mass is 14.9. The molecule has 1 atom stereocenters. The zero-order chi connectivity index (χ0) is 12.8. The predicted octanol–water partition coefficient (Wildman–Crippen LogP) is 3.48. The van der Waals surface area contributed by atoms with Crippen molar-refractivity contribution in [1.82, 2.24) is 10.3 Å². The molecule has 2 rings (SSSR count). The zero-order valence-corrected chi connectivity index (χ0v) is 11.1. The van der Waals surface area contributed by atoms with Crippen LogP contribution in [0.4, 0.5) is 0 Å². The molecule has 0 aliphatic heterocycles. The molecular weight excluding hydrogens is 220 g/mol. The summed E-state index contributed by atoms with van der Waals surface area (Å²) in [5.41, 5.74) is 3.80. The van der Waals surface area contributed by atoms with Crippen LogP contribution in [0, 0.1) is 6.92 Å². The molecule has 0 saturated carbocycles. The highest BCUT2D eigenvalue weighted by Gasteiger charge is 2.12. The monoisotopic (exact) mass is 240 g/mol. The van der Waals surface area contributed by atoms with Gasteiger partial charge in [0.2, 0.25) is 0 Å². The Morgan fingerprint density at radius 2 is 1.89 bits per heavy atom. The van der Waals surface area contributed by atoms with Crippen molar-refractivity contribution in [3.05, 3.63) is 65.5 Å². The Hall–Kier alpha value is -1.67. The Bertz CT molecular complexity index is 462. The first-order valence-corrected chi connectivity index (χ1v) is 6.51. The summed E-state index contributed by atoms with van der Waals surface area (Å²) in [6.07, 6.45) is 4.88. The lowest BCUT2D eigenvalue weighted by atomic mass is 9.99. The van der Waals surface area contributed by atoms with Crippen molar-refractivity contribution in [3.8, 4) is 0 Å². The van der Waals surface area contributed by atoms with E-state index in [9.17, 15) is 0 Å². The fraction of sp³-hybridized carbons (Fsp3) is 0.312. The van der Waals surface area contributed by atoms with Crippen LogP contribution >= 0.6 is 0 Å². The lowest BCUT2D eigenvalue weighted by Crippen LogP contribution is -2.23. The second kappa shape index (κ2) is 6.31. The topological polar surface area (TPSA) is 24.9 Å². The van der Waals surface area contributed by atoms with Gasteiger partial charge >= 0.3 is 0 Å². The quantitative estimate of drug-likeness (QED) is 0.865. The van der Waals surface area contributed by atoms with Crippen LogP contribution in [0.1, 0.15) is 36.1 Å². The predicted molar refractivity (Wildman–Crippen MR) is 75.6 cm³/mol. The van der Waals surface area contributed by atoms with Crippen LogP contribution in [0.25, 0.3) is 0 Å². The largest absolute Gasteiger partial charge is 0.306 e. The third kappa shape index (κ3) is 3.17. The van der Waals surface area contributed by atoms with Gasteiger partial charge < -0.3 is 5.32 Å². The molecule has 1 aromatic carbocycles. The maximum atomic E-state index is 4.22. The normalized spacial score (nSPS) is 12.3. The maximum Gasteiger partial charge on any atom is 0.0591 e. The Labute approximate surface area is 109 Å². The van der Waals surface area contributed by atoms with Crippen LogP contribution in [-0.2, 0) is 0 Å². The van der Waals surface area contributed by atoms with E-state index in [2.05, 4.69) is 54.5 Å². The summed E-state index contributed by atoms with van der Waals surface area (Å²) < 4.78 is 0. The fourth-order valence-electron chi connectivity index (χ4n) is 2.02. The van der Waals surface area contributed by atoms with Gasteiger partial charge in [0.15, 0.2) is 0 Å². The molecule has 18 heavy (non-hydrogen) atoms. The maximum absolute atomic E-state index is 4.22. The molecule has 0 amide bonds. The van der Waals surface area contributed by atoms with Gasteiger partial charge in [0.05, 0.1) is 6.04 Å². The summed E-state index contributed by atoms with van der Waals surface area (Å²) in [5, 5.41) is 3.58. The van der Waals surface area contributed by atoms with Gasteiger partial charge in [-0.1, -0.05) is 42.8 Å². The summed E-state index contributed by atoms with van der Waals surface area (Å²) in [5.74, 6) is 0. The number of nitrogens with one attached hydrogen (secondary N) is 1. The second-order valence-electron chi connectivity index (χ2n) is 4.58. The van der Waals surface area contributed by atoms with Crippen molar-refractivity contribution < 1.29 is 0 Å². The van der Waals surface area contributed by atoms with E-state index < -0.39 is 0 Å². The summed E-state index contributed by atoms with van der Waals surface area (Å²) in [7, 11) is 0. The third-order valence-corrected chi connectivity index (χ3v) is 3.03. The van der Waals surface area contributed by atoms with E-state index in [4.69, 9.17) is 0 Å². The van der Waals surface area contributed by atoms with Gasteiger partial charge in [-0.2, -0.15) is 0 Å². The molecule has 0 saturated heterocycles. The molecule has 2 aromatic rings. The van der Waals surface area contributed by atoms with Gasteiger partial charge in [0, 0.05) is 12.4 Å². The molecule has 0 fully saturated rings. The molecule has 94 valence electrons. The van der Waals surface area contributed by atoms with Gasteiger partial charge in [-0.3, -0.25) is 4.98 Å². The highest BCUT2D eigenvalue weighted by Crippen LogP contribution is 2.21. The number of aryl methyl sites for hydroxylation is 1. The van der Waals surface area contributed by atoms with E-state index in [0.29, 0.717) is 0 Å². The Morgan fingerprint density at radius 3 is 2.50 bits per heavy atom. The minimum atomic E-state index is 0.235. The first-order chi connectivity index (χ1) is 8.81. The fourth-order valence-corrected chi connectivity index (χ4v) is 2.02. The van der Waals surface area contributed by atoms with Gasteiger partial charge in [-0.05, 0) is 37.1 Å². The van der Waals surface area contributed by atoms with Crippen molar-refractivity contribution >= 4 is 0 Å². The molecule has 1 aromatic heterocycles. The van der Waals surface area contributed by atoms with Crippen molar-refractivity contribution in [3.63, 3.8) is 0 Å². The smallest absolute Gasteiger partial charge is 0.0591 e. The third-order valence-electron chi connectivity index (χ3n) is 3.03. The number of benzene rings is 1. The first-order valence-electron chi connectivity index (χ1n) is 6.51. The number of nitrogens with zero attached hydrogens (tertiary/aromatic N) is 1. The molecule has 0 radical (unpaired) electrons. The van der Waals surface area contributed by atoms with Gasteiger partial charge in [-0.15, -0.1) is 0 Å². The molecule has 2 nitrogen and oxygen atoms in total. The molecule has 2 heteroatoms. The lowest BCUT2D eigenvalue weighted by Gasteiger charge is -2.19. The number of rotatable bonds is 5. The Balaban J connectivity index is 2.27. The molecule has 1 N–H and O–H groups in total. The molecule has 1 heterocycles. The van der Waals surface area contributed by atoms with E-state index in [-0.39, 0.29) is 6.04 Å². The lowest BCUT2D eigenvalue weighted by molar-refractivity contribution is 0.597. The van der Waals surface area contributed by atoms with Crippen molar-refractivity contribution in [2.45, 2.75) is 26.3 Å². The van der Waals surface area contributed by atoms with E-state index >= 15 is 0 Å². The second-order valence-corrected chi connectivity index (χ2v) is 4.58. The van der Waals surface area contributed by atoms with Crippen molar-refractivity contribution in [2.75, 3.05) is 6.54 Å². The average Bonchev–Trinajstić information content (AvgIpc) is 2.42. The SMILES string of the molecule is CCCNC(c1ccc(C)cc1)c1cccnc1. The summed E-state index contributed by atoms with van der Waals surface area (Å²) in [6, 6.07) is 13.0. The molecule has 0 aliphatic rings. The van der Waals surface area contributed by atoms with Crippen LogP contribution in [0.3, 0.4) is 0 Å².